The molecule has 1 spiro atoms. The highest BCUT2D eigenvalue weighted by Gasteiger charge is 2.43. The first-order valence-electron chi connectivity index (χ1n) is 9.77. The molecule has 27 heavy (non-hydrogen) atoms. The molecule has 0 bridgehead atoms. The van der Waals surface area contributed by atoms with Gasteiger partial charge in [0.2, 0.25) is 11.8 Å². The molecule has 5 rings (SSSR count). The summed E-state index contributed by atoms with van der Waals surface area (Å²) < 4.78 is 0. The Hall–Kier alpha value is -2.25. The molecule has 4 heterocycles. The normalized spacial score (nSPS) is 30.6. The van der Waals surface area contributed by atoms with Gasteiger partial charge in [-0.15, -0.1) is 0 Å². The minimum atomic E-state index is -0.551. The van der Waals surface area contributed by atoms with E-state index in [-0.39, 0.29) is 24.1 Å². The number of amides is 3. The molecular weight excluding hydrogens is 344 g/mol. The number of hydrogen-bond donors (Lipinski definition) is 2. The van der Waals surface area contributed by atoms with Crippen LogP contribution in [0.5, 0.6) is 0 Å². The van der Waals surface area contributed by atoms with E-state index >= 15 is 0 Å². The zero-order valence-electron chi connectivity index (χ0n) is 15.3. The Morgan fingerprint density at radius 1 is 1.19 bits per heavy atom. The molecule has 7 nitrogen and oxygen atoms in total. The number of fused-ring (bicyclic) bond motifs is 1. The molecule has 1 aromatic rings. The van der Waals surface area contributed by atoms with Gasteiger partial charge in [0.1, 0.15) is 6.04 Å². The number of rotatable bonds is 3. The fourth-order valence-electron chi connectivity index (χ4n) is 4.96. The molecule has 3 saturated heterocycles. The second kappa shape index (κ2) is 6.14. The molecule has 2 atom stereocenters. The number of likely N-dealkylation sites (tertiary alicyclic amines) is 1. The van der Waals surface area contributed by atoms with Crippen LogP contribution >= 0.6 is 0 Å². The molecule has 1 aromatic carbocycles. The molecule has 142 valence electrons. The average molecular weight is 368 g/mol. The molecule has 0 saturated carbocycles. The van der Waals surface area contributed by atoms with Crippen molar-refractivity contribution in [1.82, 2.24) is 20.4 Å². The van der Waals surface area contributed by atoms with Gasteiger partial charge in [0, 0.05) is 43.7 Å². The third-order valence-corrected chi connectivity index (χ3v) is 6.61. The lowest BCUT2D eigenvalue weighted by Crippen LogP contribution is -2.58. The van der Waals surface area contributed by atoms with Gasteiger partial charge in [-0.3, -0.25) is 24.6 Å². The minimum Gasteiger partial charge on any atom is -0.322 e. The quantitative estimate of drug-likeness (QED) is 0.754. The Balaban J connectivity index is 1.35. The fraction of sp³-hybridized carbons (Fsp3) is 0.550. The summed E-state index contributed by atoms with van der Waals surface area (Å²) in [4.78, 5) is 40.6. The van der Waals surface area contributed by atoms with Crippen LogP contribution in [0.25, 0.3) is 0 Å². The van der Waals surface area contributed by atoms with E-state index in [4.69, 9.17) is 0 Å². The summed E-state index contributed by atoms with van der Waals surface area (Å²) in [6.07, 6.45) is 3.12. The first-order valence-corrected chi connectivity index (χ1v) is 9.77. The Morgan fingerprint density at radius 3 is 2.74 bits per heavy atom. The molecule has 4 aliphatic rings. The molecule has 7 heteroatoms. The zero-order valence-corrected chi connectivity index (χ0v) is 15.3. The highest BCUT2D eigenvalue weighted by molar-refractivity contribution is 6.05. The van der Waals surface area contributed by atoms with Gasteiger partial charge in [-0.05, 0) is 43.0 Å². The summed E-state index contributed by atoms with van der Waals surface area (Å²) in [5.41, 5.74) is 3.22. The van der Waals surface area contributed by atoms with Crippen LogP contribution in [0.1, 0.15) is 47.2 Å². The average Bonchev–Trinajstić information content (AvgIpc) is 3.18. The molecule has 0 aromatic heterocycles. The largest absolute Gasteiger partial charge is 0.322 e. The number of piperidine rings is 1. The molecule has 2 N–H and O–H groups in total. The summed E-state index contributed by atoms with van der Waals surface area (Å²) in [5, 5.41) is 5.94. The number of hydrogen-bond acceptors (Lipinski definition) is 5. The fourth-order valence-corrected chi connectivity index (χ4v) is 4.96. The maximum atomic E-state index is 12.9. The monoisotopic (exact) mass is 368 g/mol. The Morgan fingerprint density at radius 2 is 2.04 bits per heavy atom. The number of benzene rings is 1. The first-order chi connectivity index (χ1) is 13.0. The van der Waals surface area contributed by atoms with Crippen molar-refractivity contribution in [1.29, 1.82) is 0 Å². The van der Waals surface area contributed by atoms with Crippen LogP contribution in [-0.2, 0) is 22.7 Å². The van der Waals surface area contributed by atoms with Crippen LogP contribution in [-0.4, -0.2) is 58.7 Å². The van der Waals surface area contributed by atoms with E-state index < -0.39 is 6.04 Å². The smallest absolute Gasteiger partial charge is 0.255 e. The topological polar surface area (TPSA) is 81.8 Å². The molecule has 4 aliphatic heterocycles. The van der Waals surface area contributed by atoms with Gasteiger partial charge in [0.15, 0.2) is 0 Å². The highest BCUT2D eigenvalue weighted by Crippen LogP contribution is 2.34. The molecule has 3 fully saturated rings. The van der Waals surface area contributed by atoms with Gasteiger partial charge in [0.25, 0.3) is 5.91 Å². The standard InChI is InChI=1S/C20H24N4O3/c25-17-5-4-16(18(26)22-17)24-11-15-13(2-1-3-14(15)19(24)27)10-23-9-7-20(12-23)6-8-21-20/h1-3,16,21H,4-12H2,(H,22,25,26). The van der Waals surface area contributed by atoms with Crippen molar-refractivity contribution in [2.45, 2.75) is 50.4 Å². The molecule has 0 aliphatic carbocycles. The molecule has 0 radical (unpaired) electrons. The van der Waals surface area contributed by atoms with Crippen molar-refractivity contribution in [3.63, 3.8) is 0 Å². The van der Waals surface area contributed by atoms with Crippen LogP contribution in [0.4, 0.5) is 0 Å². The van der Waals surface area contributed by atoms with Gasteiger partial charge in [-0.2, -0.15) is 0 Å². The van der Waals surface area contributed by atoms with Crippen molar-refractivity contribution in [3.8, 4) is 0 Å². The number of imide groups is 1. The summed E-state index contributed by atoms with van der Waals surface area (Å²) in [7, 11) is 0. The van der Waals surface area contributed by atoms with Crippen LogP contribution in [0.2, 0.25) is 0 Å². The predicted octanol–water partition coefficient (Wildman–Crippen LogP) is 0.385. The van der Waals surface area contributed by atoms with Crippen LogP contribution in [0.15, 0.2) is 18.2 Å². The lowest BCUT2D eigenvalue weighted by Gasteiger charge is -2.40. The third kappa shape index (κ3) is 2.76. The minimum absolute atomic E-state index is 0.0973. The van der Waals surface area contributed by atoms with Gasteiger partial charge >= 0.3 is 0 Å². The van der Waals surface area contributed by atoms with Crippen molar-refractivity contribution in [2.24, 2.45) is 0 Å². The lowest BCUT2D eigenvalue weighted by atomic mass is 9.87. The summed E-state index contributed by atoms with van der Waals surface area (Å²) in [6.45, 7) is 4.53. The van der Waals surface area contributed by atoms with Gasteiger partial charge < -0.3 is 10.2 Å². The second-order valence-electron chi connectivity index (χ2n) is 8.26. The van der Waals surface area contributed by atoms with E-state index in [1.54, 1.807) is 4.90 Å². The zero-order chi connectivity index (χ0) is 18.6. The summed E-state index contributed by atoms with van der Waals surface area (Å²) in [6, 6.07) is 5.34. The van der Waals surface area contributed by atoms with Crippen molar-refractivity contribution in [3.05, 3.63) is 34.9 Å². The van der Waals surface area contributed by atoms with Crippen molar-refractivity contribution >= 4 is 17.7 Å². The SMILES string of the molecule is O=C1CCC(N2Cc3c(CN4CCC5(CCN5)C4)cccc3C2=O)C(=O)N1. The van der Waals surface area contributed by atoms with Gasteiger partial charge in [-0.25, -0.2) is 0 Å². The first kappa shape index (κ1) is 16.9. The molecular formula is C20H24N4O3. The third-order valence-electron chi connectivity index (χ3n) is 6.61. The second-order valence-corrected chi connectivity index (χ2v) is 8.26. The van der Waals surface area contributed by atoms with E-state index in [0.717, 1.165) is 31.7 Å². The Labute approximate surface area is 158 Å². The number of carbonyl (C=O) groups is 3. The van der Waals surface area contributed by atoms with Crippen molar-refractivity contribution in [2.75, 3.05) is 19.6 Å². The highest BCUT2D eigenvalue weighted by atomic mass is 16.2. The maximum absolute atomic E-state index is 12.9. The predicted molar refractivity (Wildman–Crippen MR) is 97.7 cm³/mol. The molecule has 2 unspecified atom stereocenters. The Bertz CT molecular complexity index is 833. The Kier molecular flexibility index (Phi) is 3.84. The summed E-state index contributed by atoms with van der Waals surface area (Å²) >= 11 is 0. The van der Waals surface area contributed by atoms with E-state index in [0.29, 0.717) is 24.1 Å². The van der Waals surface area contributed by atoms with Crippen LogP contribution in [0, 0.1) is 0 Å². The van der Waals surface area contributed by atoms with E-state index in [1.807, 2.05) is 12.1 Å². The van der Waals surface area contributed by atoms with Crippen molar-refractivity contribution < 1.29 is 14.4 Å². The molecule has 3 amide bonds. The number of nitrogens with zero attached hydrogens (tertiary/aromatic N) is 2. The number of carbonyl (C=O) groups excluding carboxylic acids is 3. The van der Waals surface area contributed by atoms with E-state index in [2.05, 4.69) is 21.6 Å². The summed E-state index contributed by atoms with van der Waals surface area (Å²) in [5.74, 6) is -0.708. The van der Waals surface area contributed by atoms with E-state index in [1.165, 1.54) is 18.4 Å². The van der Waals surface area contributed by atoms with Crippen LogP contribution < -0.4 is 10.6 Å². The number of nitrogens with one attached hydrogen (secondary N) is 2. The lowest BCUT2D eigenvalue weighted by molar-refractivity contribution is -0.136. The van der Waals surface area contributed by atoms with E-state index in [9.17, 15) is 14.4 Å². The van der Waals surface area contributed by atoms with Gasteiger partial charge in [0.05, 0.1) is 0 Å². The van der Waals surface area contributed by atoms with Gasteiger partial charge in [-0.1, -0.05) is 12.1 Å². The maximum Gasteiger partial charge on any atom is 0.255 e. The van der Waals surface area contributed by atoms with Crippen LogP contribution in [0.3, 0.4) is 0 Å².